The van der Waals surface area contributed by atoms with Gasteiger partial charge in [0.25, 0.3) is 0 Å². The lowest BCUT2D eigenvalue weighted by Gasteiger charge is -2.18. The third kappa shape index (κ3) is 3.42. The van der Waals surface area contributed by atoms with Crippen molar-refractivity contribution in [3.63, 3.8) is 0 Å². The van der Waals surface area contributed by atoms with Gasteiger partial charge in [0.05, 0.1) is 22.4 Å². The molecule has 0 radical (unpaired) electrons. The molecule has 2 rings (SSSR count). The first-order valence-electron chi connectivity index (χ1n) is 6.93. The van der Waals surface area contributed by atoms with Crippen molar-refractivity contribution in [2.75, 3.05) is 6.54 Å². The Labute approximate surface area is 118 Å². The second kappa shape index (κ2) is 6.82. The van der Waals surface area contributed by atoms with E-state index in [2.05, 4.69) is 45.4 Å². The van der Waals surface area contributed by atoms with Crippen molar-refractivity contribution in [1.82, 2.24) is 20.1 Å². The number of rotatable bonds is 7. The van der Waals surface area contributed by atoms with E-state index in [9.17, 15) is 0 Å². The maximum Gasteiger partial charge on any atom is 0.0930 e. The third-order valence-electron chi connectivity index (χ3n) is 3.01. The van der Waals surface area contributed by atoms with Gasteiger partial charge < -0.3 is 5.32 Å². The fourth-order valence-electron chi connectivity index (χ4n) is 2.15. The minimum absolute atomic E-state index is 0.152. The predicted molar refractivity (Wildman–Crippen MR) is 79.5 cm³/mol. The first-order valence-corrected chi connectivity index (χ1v) is 7.81. The monoisotopic (exact) mass is 278 g/mol. The van der Waals surface area contributed by atoms with E-state index in [4.69, 9.17) is 0 Å². The van der Waals surface area contributed by atoms with Crippen molar-refractivity contribution in [2.24, 2.45) is 0 Å². The summed E-state index contributed by atoms with van der Waals surface area (Å²) in [4.78, 5) is 4.64. The van der Waals surface area contributed by atoms with Crippen molar-refractivity contribution in [2.45, 2.75) is 46.2 Å². The first-order chi connectivity index (χ1) is 9.26. The third-order valence-corrected chi connectivity index (χ3v) is 3.80. The number of hydrogen-bond acceptors (Lipinski definition) is 4. The molecule has 104 valence electrons. The summed E-state index contributed by atoms with van der Waals surface area (Å²) >= 11 is 1.70. The van der Waals surface area contributed by atoms with Crippen LogP contribution in [0.25, 0.3) is 0 Å². The summed E-state index contributed by atoms with van der Waals surface area (Å²) in [5.41, 5.74) is 2.31. The summed E-state index contributed by atoms with van der Waals surface area (Å²) in [5, 5.41) is 11.3. The van der Waals surface area contributed by atoms with Gasteiger partial charge in [-0.05, 0) is 32.4 Å². The molecule has 0 spiro atoms. The quantitative estimate of drug-likeness (QED) is 0.846. The Balaban J connectivity index is 2.28. The van der Waals surface area contributed by atoms with Crippen LogP contribution in [0.4, 0.5) is 0 Å². The van der Waals surface area contributed by atoms with Gasteiger partial charge in [0.2, 0.25) is 0 Å². The molecule has 0 saturated carbocycles. The highest BCUT2D eigenvalue weighted by Gasteiger charge is 2.19. The van der Waals surface area contributed by atoms with Gasteiger partial charge in [-0.3, -0.25) is 4.68 Å². The molecule has 19 heavy (non-hydrogen) atoms. The van der Waals surface area contributed by atoms with Crippen molar-refractivity contribution in [1.29, 1.82) is 0 Å². The van der Waals surface area contributed by atoms with Crippen molar-refractivity contribution in [3.8, 4) is 0 Å². The molecule has 2 aromatic rings. The van der Waals surface area contributed by atoms with Crippen LogP contribution in [0.1, 0.15) is 49.1 Å². The molecule has 1 N–H and O–H groups in total. The molecule has 0 aliphatic rings. The van der Waals surface area contributed by atoms with Gasteiger partial charge in [-0.1, -0.05) is 13.8 Å². The minimum atomic E-state index is 0.152. The van der Waals surface area contributed by atoms with Gasteiger partial charge in [-0.2, -0.15) is 5.10 Å². The average Bonchev–Trinajstić information content (AvgIpc) is 3.01. The van der Waals surface area contributed by atoms with Crippen LogP contribution in [-0.2, 0) is 6.54 Å². The van der Waals surface area contributed by atoms with E-state index in [0.717, 1.165) is 36.6 Å². The van der Waals surface area contributed by atoms with Gasteiger partial charge in [-0.15, -0.1) is 11.3 Å². The lowest BCUT2D eigenvalue weighted by Crippen LogP contribution is -2.26. The molecule has 4 nitrogen and oxygen atoms in total. The fraction of sp³-hybridized carbons (Fsp3) is 0.571. The van der Waals surface area contributed by atoms with Crippen LogP contribution < -0.4 is 5.32 Å². The molecule has 1 unspecified atom stereocenters. The molecule has 0 fully saturated rings. The highest BCUT2D eigenvalue weighted by Crippen LogP contribution is 2.23. The highest BCUT2D eigenvalue weighted by atomic mass is 32.1. The summed E-state index contributed by atoms with van der Waals surface area (Å²) in [6, 6.07) is 2.25. The Morgan fingerprint density at radius 3 is 2.84 bits per heavy atom. The maximum atomic E-state index is 4.64. The normalized spacial score (nSPS) is 12.8. The summed E-state index contributed by atoms with van der Waals surface area (Å²) in [7, 11) is 0. The number of hydrogen-bond donors (Lipinski definition) is 1. The summed E-state index contributed by atoms with van der Waals surface area (Å²) in [6.07, 6.45) is 4.08. The summed E-state index contributed by atoms with van der Waals surface area (Å²) in [5.74, 6) is 0. The van der Waals surface area contributed by atoms with Gasteiger partial charge >= 0.3 is 0 Å². The number of thiazole rings is 1. The Morgan fingerprint density at radius 2 is 2.21 bits per heavy atom. The highest BCUT2D eigenvalue weighted by molar-refractivity contribution is 7.09. The molecule has 2 aromatic heterocycles. The molecule has 0 saturated heterocycles. The molecule has 2 heterocycles. The van der Waals surface area contributed by atoms with E-state index in [1.54, 1.807) is 11.3 Å². The van der Waals surface area contributed by atoms with E-state index in [0.29, 0.717) is 0 Å². The molecule has 0 aliphatic heterocycles. The van der Waals surface area contributed by atoms with Gasteiger partial charge in [0.1, 0.15) is 0 Å². The number of nitrogens with one attached hydrogen (secondary N) is 1. The Hall–Kier alpha value is -1.20. The zero-order valence-corrected chi connectivity index (χ0v) is 12.7. The SMILES string of the molecule is CCCNC(c1csc(C)n1)c1ccnn1CCC. The van der Waals surface area contributed by atoms with Crippen molar-refractivity contribution < 1.29 is 0 Å². The second-order valence-electron chi connectivity index (χ2n) is 4.66. The predicted octanol–water partition coefficient (Wildman–Crippen LogP) is 3.15. The van der Waals surface area contributed by atoms with Crippen molar-refractivity contribution >= 4 is 11.3 Å². The van der Waals surface area contributed by atoms with Crippen LogP contribution in [0.15, 0.2) is 17.6 Å². The van der Waals surface area contributed by atoms with Gasteiger partial charge in [0.15, 0.2) is 0 Å². The van der Waals surface area contributed by atoms with Crippen molar-refractivity contribution in [3.05, 3.63) is 34.0 Å². The van der Waals surface area contributed by atoms with Crippen LogP contribution in [0.2, 0.25) is 0 Å². The molecule has 5 heteroatoms. The molecule has 1 atom stereocenters. The summed E-state index contributed by atoms with van der Waals surface area (Å²) < 4.78 is 2.09. The van der Waals surface area contributed by atoms with Crippen LogP contribution >= 0.6 is 11.3 Å². The fourth-order valence-corrected chi connectivity index (χ4v) is 2.79. The Bertz CT molecular complexity index is 503. The topological polar surface area (TPSA) is 42.7 Å². The van der Waals surface area contributed by atoms with Gasteiger partial charge in [-0.25, -0.2) is 4.98 Å². The molecule has 0 aliphatic carbocycles. The zero-order chi connectivity index (χ0) is 13.7. The molecular formula is C14H22N4S. The van der Waals surface area contributed by atoms with E-state index in [-0.39, 0.29) is 6.04 Å². The van der Waals surface area contributed by atoms with Gasteiger partial charge in [0, 0.05) is 18.1 Å². The van der Waals surface area contributed by atoms with Crippen LogP contribution in [0.3, 0.4) is 0 Å². The number of nitrogens with zero attached hydrogens (tertiary/aromatic N) is 3. The van der Waals surface area contributed by atoms with Crippen LogP contribution in [0.5, 0.6) is 0 Å². The molecule has 0 amide bonds. The lowest BCUT2D eigenvalue weighted by atomic mass is 10.1. The lowest BCUT2D eigenvalue weighted by molar-refractivity contribution is 0.506. The average molecular weight is 278 g/mol. The number of aryl methyl sites for hydroxylation is 2. The van der Waals surface area contributed by atoms with E-state index < -0.39 is 0 Å². The first kappa shape index (κ1) is 14.2. The Kier molecular flexibility index (Phi) is 5.10. The molecule has 0 bridgehead atoms. The summed E-state index contributed by atoms with van der Waals surface area (Å²) in [6.45, 7) is 8.34. The standard InChI is InChI=1S/C14H22N4S/c1-4-7-15-14(12-10-19-11(3)17-12)13-6-8-16-18(13)9-5-2/h6,8,10,14-15H,4-5,7,9H2,1-3H3. The zero-order valence-electron chi connectivity index (χ0n) is 11.9. The molecular weight excluding hydrogens is 256 g/mol. The molecule has 0 aromatic carbocycles. The van der Waals surface area contributed by atoms with E-state index in [1.807, 2.05) is 13.1 Å². The maximum absolute atomic E-state index is 4.64. The van der Waals surface area contributed by atoms with E-state index >= 15 is 0 Å². The second-order valence-corrected chi connectivity index (χ2v) is 5.72. The van der Waals surface area contributed by atoms with Crippen LogP contribution in [-0.4, -0.2) is 21.3 Å². The smallest absolute Gasteiger partial charge is 0.0930 e. The largest absolute Gasteiger partial charge is 0.304 e. The number of aromatic nitrogens is 3. The van der Waals surface area contributed by atoms with E-state index in [1.165, 1.54) is 5.69 Å². The van der Waals surface area contributed by atoms with Crippen LogP contribution in [0, 0.1) is 6.92 Å². The Morgan fingerprint density at radius 1 is 1.37 bits per heavy atom. The minimum Gasteiger partial charge on any atom is -0.304 e.